The Labute approximate surface area is 133 Å². The molecule has 0 aromatic heterocycles. The molecule has 2 aromatic rings. The highest BCUT2D eigenvalue weighted by Crippen LogP contribution is 2.36. The predicted octanol–water partition coefficient (Wildman–Crippen LogP) is 3.76. The lowest BCUT2D eigenvalue weighted by atomic mass is 9.75. The molecule has 0 bridgehead atoms. The molecular formula is C19H22O2Si. The summed E-state index contributed by atoms with van der Waals surface area (Å²) >= 11 is 0. The van der Waals surface area contributed by atoms with E-state index in [9.17, 15) is 4.79 Å². The number of fused-ring (bicyclic) bond motifs is 1. The topological polar surface area (TPSA) is 26.3 Å². The first-order valence-electron chi connectivity index (χ1n) is 7.70. The summed E-state index contributed by atoms with van der Waals surface area (Å²) in [6.07, 6.45) is 0. The summed E-state index contributed by atoms with van der Waals surface area (Å²) in [5, 5.41) is 1.29. The number of hydrogen-bond acceptors (Lipinski definition) is 2. The summed E-state index contributed by atoms with van der Waals surface area (Å²) in [5.74, 6) is 0.889. The molecule has 22 heavy (non-hydrogen) atoms. The smallest absolute Gasteiger partial charge is 0.180 e. The molecule has 0 amide bonds. The van der Waals surface area contributed by atoms with Crippen LogP contribution in [-0.4, -0.2) is 20.5 Å². The van der Waals surface area contributed by atoms with Crippen molar-refractivity contribution in [2.75, 3.05) is 6.61 Å². The fraction of sp³-hybridized carbons (Fsp3) is 0.316. The average molecular weight is 310 g/mol. The third kappa shape index (κ3) is 2.39. The minimum Gasteiger partial charge on any atom is -0.491 e. The van der Waals surface area contributed by atoms with Crippen LogP contribution >= 0.6 is 0 Å². The number of hydrogen-bond donors (Lipinski definition) is 0. The van der Waals surface area contributed by atoms with E-state index >= 15 is 0 Å². The van der Waals surface area contributed by atoms with Crippen molar-refractivity contribution >= 4 is 19.0 Å². The van der Waals surface area contributed by atoms with Crippen LogP contribution in [-0.2, 0) is 5.41 Å². The molecular weight excluding hydrogens is 288 g/mol. The maximum atomic E-state index is 13.2. The molecule has 0 N–H and O–H groups in total. The molecule has 0 saturated carbocycles. The molecule has 1 atom stereocenters. The molecule has 2 nitrogen and oxygen atoms in total. The Hall–Kier alpha value is -1.87. The van der Waals surface area contributed by atoms with Gasteiger partial charge < -0.3 is 4.74 Å². The molecule has 114 valence electrons. The van der Waals surface area contributed by atoms with Gasteiger partial charge >= 0.3 is 0 Å². The molecule has 2 aromatic carbocycles. The van der Waals surface area contributed by atoms with Crippen LogP contribution in [0.5, 0.6) is 5.75 Å². The van der Waals surface area contributed by atoms with Crippen molar-refractivity contribution in [3.63, 3.8) is 0 Å². The van der Waals surface area contributed by atoms with E-state index in [-0.39, 0.29) is 5.78 Å². The number of ether oxygens (including phenoxy) is 1. The molecule has 0 radical (unpaired) electrons. The van der Waals surface area contributed by atoms with Crippen molar-refractivity contribution in [2.45, 2.75) is 32.0 Å². The van der Waals surface area contributed by atoms with Gasteiger partial charge in [-0.2, -0.15) is 0 Å². The molecule has 0 saturated heterocycles. The lowest BCUT2D eigenvalue weighted by Crippen LogP contribution is -2.44. The molecule has 0 aliphatic carbocycles. The Bertz CT molecular complexity index is 716. The standard InChI is InChI=1S/C19H22O2Si/c1-19(14-8-6-5-7-9-14)13-21-17-11-10-15(22(2,3)4)12-16(17)18(19)20/h5-12H,13H2,1-4H3/t19-/m1/s1. The molecule has 1 aliphatic rings. The molecule has 1 aliphatic heterocycles. The van der Waals surface area contributed by atoms with E-state index in [2.05, 4.69) is 31.8 Å². The highest BCUT2D eigenvalue weighted by atomic mass is 28.3. The van der Waals surface area contributed by atoms with E-state index in [0.717, 1.165) is 16.9 Å². The van der Waals surface area contributed by atoms with Gasteiger partial charge in [0.1, 0.15) is 12.4 Å². The number of ketones is 1. The van der Waals surface area contributed by atoms with Gasteiger partial charge in [-0.15, -0.1) is 0 Å². The van der Waals surface area contributed by atoms with Gasteiger partial charge in [0, 0.05) is 0 Å². The summed E-state index contributed by atoms with van der Waals surface area (Å²) in [7, 11) is -1.46. The largest absolute Gasteiger partial charge is 0.491 e. The Balaban J connectivity index is 2.09. The first kappa shape index (κ1) is 15.0. The van der Waals surface area contributed by atoms with Crippen LogP contribution in [0, 0.1) is 0 Å². The number of benzene rings is 2. The van der Waals surface area contributed by atoms with E-state index < -0.39 is 13.5 Å². The zero-order valence-electron chi connectivity index (χ0n) is 13.6. The fourth-order valence-corrected chi connectivity index (χ4v) is 4.07. The molecule has 3 rings (SSSR count). The van der Waals surface area contributed by atoms with Crippen molar-refractivity contribution in [2.24, 2.45) is 0 Å². The zero-order chi connectivity index (χ0) is 16.0. The maximum absolute atomic E-state index is 13.2. The van der Waals surface area contributed by atoms with Gasteiger partial charge in [0.05, 0.1) is 19.1 Å². The van der Waals surface area contributed by atoms with E-state index in [1.54, 1.807) is 0 Å². The highest BCUT2D eigenvalue weighted by molar-refractivity contribution is 6.88. The molecule has 1 heterocycles. The van der Waals surface area contributed by atoms with Gasteiger partial charge in [-0.05, 0) is 24.6 Å². The summed E-state index contributed by atoms with van der Waals surface area (Å²) in [5.41, 5.74) is 1.15. The second-order valence-electron chi connectivity index (χ2n) is 7.28. The van der Waals surface area contributed by atoms with Gasteiger partial charge in [-0.1, -0.05) is 61.2 Å². The Kier molecular flexibility index (Phi) is 3.48. The Morgan fingerprint density at radius 1 is 1.05 bits per heavy atom. The van der Waals surface area contributed by atoms with Crippen molar-refractivity contribution in [3.05, 3.63) is 59.7 Å². The van der Waals surface area contributed by atoms with E-state index in [0.29, 0.717) is 6.61 Å². The number of rotatable bonds is 2. The van der Waals surface area contributed by atoms with Crippen LogP contribution in [0.4, 0.5) is 0 Å². The van der Waals surface area contributed by atoms with Crippen LogP contribution in [0.2, 0.25) is 19.6 Å². The maximum Gasteiger partial charge on any atom is 0.180 e. The van der Waals surface area contributed by atoms with Gasteiger partial charge in [0.25, 0.3) is 0 Å². The molecule has 0 spiro atoms. The summed E-state index contributed by atoms with van der Waals surface area (Å²) < 4.78 is 5.93. The van der Waals surface area contributed by atoms with Crippen LogP contribution < -0.4 is 9.92 Å². The van der Waals surface area contributed by atoms with Gasteiger partial charge in [-0.3, -0.25) is 4.79 Å². The SMILES string of the molecule is C[C@]1(c2ccccc2)COc2ccc([Si](C)(C)C)cc2C1=O. The second kappa shape index (κ2) is 5.09. The van der Waals surface area contributed by atoms with Gasteiger partial charge in [-0.25, -0.2) is 0 Å². The minimum atomic E-state index is -1.46. The summed E-state index contributed by atoms with van der Waals surface area (Å²) in [6.45, 7) is 9.25. The first-order valence-corrected chi connectivity index (χ1v) is 11.2. The van der Waals surface area contributed by atoms with Crippen molar-refractivity contribution in [1.82, 2.24) is 0 Å². The lowest BCUT2D eigenvalue weighted by Gasteiger charge is -2.34. The minimum absolute atomic E-state index is 0.167. The quantitative estimate of drug-likeness (QED) is 0.789. The van der Waals surface area contributed by atoms with Crippen molar-refractivity contribution in [3.8, 4) is 5.75 Å². The molecule has 3 heteroatoms. The number of carbonyl (C=O) groups is 1. The van der Waals surface area contributed by atoms with Crippen LogP contribution in [0.25, 0.3) is 0 Å². The molecule has 0 fully saturated rings. The van der Waals surface area contributed by atoms with Crippen LogP contribution in [0.3, 0.4) is 0 Å². The van der Waals surface area contributed by atoms with E-state index in [4.69, 9.17) is 4.74 Å². The third-order valence-electron chi connectivity index (χ3n) is 4.52. The summed E-state index contributed by atoms with van der Waals surface area (Å²) in [4.78, 5) is 13.2. The highest BCUT2D eigenvalue weighted by Gasteiger charge is 2.41. The van der Waals surface area contributed by atoms with Gasteiger partial charge in [0.2, 0.25) is 0 Å². The van der Waals surface area contributed by atoms with Crippen molar-refractivity contribution < 1.29 is 9.53 Å². The monoisotopic (exact) mass is 310 g/mol. The first-order chi connectivity index (χ1) is 10.3. The van der Waals surface area contributed by atoms with Crippen LogP contribution in [0.1, 0.15) is 22.8 Å². The van der Waals surface area contributed by atoms with E-state index in [1.807, 2.05) is 43.3 Å². The Morgan fingerprint density at radius 2 is 1.73 bits per heavy atom. The average Bonchev–Trinajstić information content (AvgIpc) is 2.51. The number of Topliss-reactive ketones (excluding diaryl/α,β-unsaturated/α-hetero) is 1. The molecule has 0 unspecified atom stereocenters. The second-order valence-corrected chi connectivity index (χ2v) is 12.4. The normalized spacial score (nSPS) is 21.2. The van der Waals surface area contributed by atoms with E-state index in [1.165, 1.54) is 5.19 Å². The third-order valence-corrected chi connectivity index (χ3v) is 6.56. The zero-order valence-corrected chi connectivity index (χ0v) is 14.6. The Morgan fingerprint density at radius 3 is 2.36 bits per heavy atom. The lowest BCUT2D eigenvalue weighted by molar-refractivity contribution is 0.0792. The van der Waals surface area contributed by atoms with Crippen molar-refractivity contribution in [1.29, 1.82) is 0 Å². The fourth-order valence-electron chi connectivity index (χ4n) is 2.91. The summed E-state index contributed by atoms with van der Waals surface area (Å²) in [6, 6.07) is 16.1. The predicted molar refractivity (Wildman–Crippen MR) is 93.0 cm³/mol. The van der Waals surface area contributed by atoms with Gasteiger partial charge in [0.15, 0.2) is 5.78 Å². The number of carbonyl (C=O) groups excluding carboxylic acids is 1. The van der Waals surface area contributed by atoms with Crippen LogP contribution in [0.15, 0.2) is 48.5 Å².